The zero-order valence-corrected chi connectivity index (χ0v) is 16.9. The van der Waals surface area contributed by atoms with Crippen LogP contribution in [0, 0.1) is 5.92 Å². The number of rotatable bonds is 12. The molecule has 0 aromatic heterocycles. The van der Waals surface area contributed by atoms with Crippen LogP contribution in [0.4, 0.5) is 0 Å². The van der Waals surface area contributed by atoms with Crippen molar-refractivity contribution in [2.45, 2.75) is 69.0 Å². The van der Waals surface area contributed by atoms with Crippen LogP contribution in [0.1, 0.15) is 59.3 Å². The second-order valence-electron chi connectivity index (χ2n) is 5.32. The Bertz CT molecular complexity index is 323. The van der Waals surface area contributed by atoms with Crippen molar-refractivity contribution >= 4 is 43.8 Å². The van der Waals surface area contributed by atoms with Gasteiger partial charge in [-0.3, -0.25) is 9.59 Å². The van der Waals surface area contributed by atoms with Gasteiger partial charge in [0.25, 0.3) is 0 Å². The van der Waals surface area contributed by atoms with Crippen molar-refractivity contribution in [2.75, 3.05) is 13.2 Å². The van der Waals surface area contributed by atoms with E-state index in [2.05, 4.69) is 38.8 Å². The van der Waals surface area contributed by atoms with Crippen LogP contribution in [-0.4, -0.2) is 34.8 Å². The highest BCUT2D eigenvalue weighted by atomic mass is 79.9. The Morgan fingerprint density at radius 3 is 1.91 bits per heavy atom. The third-order valence-corrected chi connectivity index (χ3v) is 5.56. The van der Waals surface area contributed by atoms with Crippen molar-refractivity contribution in [3.8, 4) is 0 Å². The van der Waals surface area contributed by atoms with Crippen LogP contribution in [0.5, 0.6) is 0 Å². The molecule has 0 aromatic carbocycles. The van der Waals surface area contributed by atoms with E-state index in [-0.39, 0.29) is 21.6 Å². The van der Waals surface area contributed by atoms with E-state index >= 15 is 0 Å². The van der Waals surface area contributed by atoms with Gasteiger partial charge in [0.15, 0.2) is 0 Å². The number of esters is 2. The predicted octanol–water partition coefficient (Wildman–Crippen LogP) is 4.62. The molecule has 0 N–H and O–H groups in total. The molecule has 0 spiro atoms. The number of unbranched alkanes of at least 4 members (excludes halogenated alkanes) is 1. The third-order valence-electron chi connectivity index (χ3n) is 3.52. The fourth-order valence-corrected chi connectivity index (χ4v) is 2.09. The van der Waals surface area contributed by atoms with Gasteiger partial charge in [0.2, 0.25) is 0 Å². The maximum atomic E-state index is 11.6. The van der Waals surface area contributed by atoms with Crippen LogP contribution in [0.3, 0.4) is 0 Å². The average Bonchev–Trinajstić information content (AvgIpc) is 2.54. The lowest BCUT2D eigenvalue weighted by molar-refractivity contribution is -0.145. The minimum Gasteiger partial charge on any atom is -0.465 e. The topological polar surface area (TPSA) is 52.6 Å². The van der Waals surface area contributed by atoms with Gasteiger partial charge in [-0.05, 0) is 38.0 Å². The van der Waals surface area contributed by atoms with Gasteiger partial charge < -0.3 is 9.47 Å². The molecule has 0 aromatic rings. The van der Waals surface area contributed by atoms with Crippen LogP contribution in [0.15, 0.2) is 0 Å². The summed E-state index contributed by atoms with van der Waals surface area (Å²) in [6.45, 7) is 6.90. The highest BCUT2D eigenvalue weighted by molar-refractivity contribution is 9.10. The summed E-state index contributed by atoms with van der Waals surface area (Å²) in [5.41, 5.74) is 0. The predicted molar refractivity (Wildman–Crippen MR) is 95.6 cm³/mol. The molecule has 0 radical (unpaired) electrons. The first-order chi connectivity index (χ1) is 10.5. The maximum Gasteiger partial charge on any atom is 0.319 e. The van der Waals surface area contributed by atoms with Gasteiger partial charge in [0.05, 0.1) is 13.2 Å². The summed E-state index contributed by atoms with van der Waals surface area (Å²) in [7, 11) is 0. The molecule has 0 aliphatic carbocycles. The Kier molecular flexibility index (Phi) is 13.3. The van der Waals surface area contributed by atoms with E-state index in [1.165, 1.54) is 0 Å². The summed E-state index contributed by atoms with van der Waals surface area (Å²) >= 11 is 6.56. The molecule has 0 aliphatic heterocycles. The molecule has 0 aliphatic rings. The Balaban J connectivity index is 3.78. The molecule has 3 atom stereocenters. The molecule has 0 amide bonds. The van der Waals surface area contributed by atoms with Crippen molar-refractivity contribution in [1.29, 1.82) is 0 Å². The van der Waals surface area contributed by atoms with Gasteiger partial charge in [-0.2, -0.15) is 0 Å². The lowest BCUT2D eigenvalue weighted by Crippen LogP contribution is -2.20. The molecular formula is C16H28Br2O4. The van der Waals surface area contributed by atoms with Crippen LogP contribution in [0.25, 0.3) is 0 Å². The average molecular weight is 444 g/mol. The second kappa shape index (κ2) is 13.3. The highest BCUT2D eigenvalue weighted by Gasteiger charge is 2.16. The largest absolute Gasteiger partial charge is 0.465 e. The molecule has 22 heavy (non-hydrogen) atoms. The van der Waals surface area contributed by atoms with Crippen molar-refractivity contribution in [3.05, 3.63) is 0 Å². The maximum absolute atomic E-state index is 11.6. The standard InChI is InChI=1S/C16H28Br2O4/c1-4-12(11-22-16(20)14(18)6-3)9-7-8-10-21-15(19)13(17)5-2/h12-14H,4-11H2,1-3H3. The Labute approximate surface area is 150 Å². The SMILES string of the molecule is CCC(CCCCOC(=O)C(Br)CC)COC(=O)C(Br)CC. The van der Waals surface area contributed by atoms with Crippen LogP contribution in [0.2, 0.25) is 0 Å². The molecule has 0 saturated heterocycles. The zero-order valence-electron chi connectivity index (χ0n) is 13.8. The fraction of sp³-hybridized carbons (Fsp3) is 0.875. The number of ether oxygens (including phenoxy) is 2. The second-order valence-corrected chi connectivity index (χ2v) is 7.53. The molecule has 130 valence electrons. The molecule has 0 bridgehead atoms. The molecule has 6 heteroatoms. The van der Waals surface area contributed by atoms with E-state index in [1.54, 1.807) is 0 Å². The van der Waals surface area contributed by atoms with Crippen molar-refractivity contribution in [1.82, 2.24) is 0 Å². The van der Waals surface area contributed by atoms with Crippen LogP contribution in [-0.2, 0) is 19.1 Å². The summed E-state index contributed by atoms with van der Waals surface area (Å²) in [5.74, 6) is -0.0000175. The van der Waals surface area contributed by atoms with Crippen LogP contribution >= 0.6 is 31.9 Å². The van der Waals surface area contributed by atoms with E-state index < -0.39 is 0 Å². The number of hydrogen-bond donors (Lipinski definition) is 0. The summed E-state index contributed by atoms with van der Waals surface area (Å²) in [4.78, 5) is 22.7. The zero-order chi connectivity index (χ0) is 17.0. The normalized spacial score (nSPS) is 15.0. The smallest absolute Gasteiger partial charge is 0.319 e. The van der Waals surface area contributed by atoms with E-state index in [4.69, 9.17) is 9.47 Å². The van der Waals surface area contributed by atoms with E-state index in [0.717, 1.165) is 38.5 Å². The minimum atomic E-state index is -0.208. The van der Waals surface area contributed by atoms with Gasteiger partial charge in [-0.1, -0.05) is 59.1 Å². The van der Waals surface area contributed by atoms with Crippen molar-refractivity contribution < 1.29 is 19.1 Å². The number of hydrogen-bond acceptors (Lipinski definition) is 4. The summed E-state index contributed by atoms with van der Waals surface area (Å²) in [5, 5.41) is 0. The third kappa shape index (κ3) is 9.82. The van der Waals surface area contributed by atoms with Gasteiger partial charge in [0, 0.05) is 0 Å². The minimum absolute atomic E-state index is 0.183. The molecule has 0 saturated carbocycles. The molecule has 0 fully saturated rings. The van der Waals surface area contributed by atoms with Gasteiger partial charge in [-0.15, -0.1) is 0 Å². The van der Waals surface area contributed by atoms with Gasteiger partial charge in [0.1, 0.15) is 9.65 Å². The van der Waals surface area contributed by atoms with Gasteiger partial charge >= 0.3 is 11.9 Å². The summed E-state index contributed by atoms with van der Waals surface area (Å²) in [6, 6.07) is 0. The first kappa shape index (κ1) is 21.9. The molecule has 3 unspecified atom stereocenters. The number of halogens is 2. The number of carbonyl (C=O) groups excluding carboxylic acids is 2. The molecular weight excluding hydrogens is 416 g/mol. The summed E-state index contributed by atoms with van der Waals surface area (Å²) < 4.78 is 10.5. The number of carbonyl (C=O) groups is 2. The lowest BCUT2D eigenvalue weighted by Gasteiger charge is -2.16. The van der Waals surface area contributed by atoms with E-state index in [0.29, 0.717) is 19.1 Å². The fourth-order valence-electron chi connectivity index (χ4n) is 1.83. The molecule has 4 nitrogen and oxygen atoms in total. The van der Waals surface area contributed by atoms with Crippen molar-refractivity contribution in [3.63, 3.8) is 0 Å². The first-order valence-electron chi connectivity index (χ1n) is 8.07. The molecule has 0 heterocycles. The van der Waals surface area contributed by atoms with Gasteiger partial charge in [-0.25, -0.2) is 0 Å². The lowest BCUT2D eigenvalue weighted by atomic mass is 10.0. The van der Waals surface area contributed by atoms with E-state index in [1.807, 2.05) is 13.8 Å². The molecule has 0 rings (SSSR count). The summed E-state index contributed by atoms with van der Waals surface area (Å²) in [6.07, 6.45) is 5.22. The number of alkyl halides is 2. The Morgan fingerprint density at radius 2 is 1.41 bits per heavy atom. The van der Waals surface area contributed by atoms with Crippen molar-refractivity contribution in [2.24, 2.45) is 5.92 Å². The quantitative estimate of drug-likeness (QED) is 0.251. The Hall–Kier alpha value is -0.100. The first-order valence-corrected chi connectivity index (χ1v) is 9.90. The van der Waals surface area contributed by atoms with E-state index in [9.17, 15) is 9.59 Å². The Morgan fingerprint density at radius 1 is 0.864 bits per heavy atom. The monoisotopic (exact) mass is 442 g/mol. The van der Waals surface area contributed by atoms with Crippen LogP contribution < -0.4 is 0 Å². The highest BCUT2D eigenvalue weighted by Crippen LogP contribution is 2.15.